The van der Waals surface area contributed by atoms with E-state index in [1.165, 1.54) is 0 Å². The van der Waals surface area contributed by atoms with E-state index in [2.05, 4.69) is 24.1 Å². The minimum atomic E-state index is -0.0451. The van der Waals surface area contributed by atoms with E-state index in [4.69, 9.17) is 0 Å². The lowest BCUT2D eigenvalue weighted by molar-refractivity contribution is 0.0945. The second kappa shape index (κ2) is 5.43. The highest BCUT2D eigenvalue weighted by Crippen LogP contribution is 2.13. The summed E-state index contributed by atoms with van der Waals surface area (Å²) in [5.74, 6) is 0.544. The Morgan fingerprint density at radius 1 is 1.37 bits per heavy atom. The second-order valence-corrected chi connectivity index (χ2v) is 5.42. The van der Waals surface area contributed by atoms with Gasteiger partial charge in [0.05, 0.1) is 5.69 Å². The molecule has 0 fully saturated rings. The van der Waals surface area contributed by atoms with E-state index in [1.807, 2.05) is 36.6 Å². The van der Waals surface area contributed by atoms with Crippen LogP contribution in [0.15, 0.2) is 18.3 Å². The predicted molar refractivity (Wildman–Crippen MR) is 76.5 cm³/mol. The maximum Gasteiger partial charge on any atom is 0.270 e. The lowest BCUT2D eigenvalue weighted by Gasteiger charge is -2.08. The number of hydrogen-bond donors (Lipinski definition) is 1. The SMILES string of the molecule is Cc1ccc2nc(C)c(C(=O)NCCC(C)C)n2c1. The molecule has 0 aliphatic rings. The third kappa shape index (κ3) is 2.95. The van der Waals surface area contributed by atoms with E-state index < -0.39 is 0 Å². The van der Waals surface area contributed by atoms with Gasteiger partial charge in [-0.3, -0.25) is 9.20 Å². The van der Waals surface area contributed by atoms with Crippen molar-refractivity contribution >= 4 is 11.6 Å². The summed E-state index contributed by atoms with van der Waals surface area (Å²) in [6, 6.07) is 3.94. The fourth-order valence-electron chi connectivity index (χ4n) is 2.10. The molecule has 2 rings (SSSR count). The van der Waals surface area contributed by atoms with Crippen molar-refractivity contribution in [2.45, 2.75) is 34.1 Å². The van der Waals surface area contributed by atoms with Crippen LogP contribution in [0.5, 0.6) is 0 Å². The van der Waals surface area contributed by atoms with Crippen LogP contribution in [0, 0.1) is 19.8 Å². The normalized spacial score (nSPS) is 11.2. The van der Waals surface area contributed by atoms with Crippen LogP contribution >= 0.6 is 0 Å². The molecule has 102 valence electrons. The number of fused-ring (bicyclic) bond motifs is 1. The largest absolute Gasteiger partial charge is 0.351 e. The Balaban J connectivity index is 2.26. The van der Waals surface area contributed by atoms with Gasteiger partial charge < -0.3 is 5.32 Å². The van der Waals surface area contributed by atoms with Gasteiger partial charge in [-0.25, -0.2) is 4.98 Å². The summed E-state index contributed by atoms with van der Waals surface area (Å²) in [5.41, 5.74) is 3.34. The smallest absolute Gasteiger partial charge is 0.270 e. The molecule has 2 heterocycles. The van der Waals surface area contributed by atoms with Crippen molar-refractivity contribution in [2.24, 2.45) is 5.92 Å². The molecule has 0 spiro atoms. The molecule has 1 amide bonds. The molecule has 2 aromatic heterocycles. The zero-order chi connectivity index (χ0) is 14.0. The van der Waals surface area contributed by atoms with Gasteiger partial charge in [0.25, 0.3) is 5.91 Å². The summed E-state index contributed by atoms with van der Waals surface area (Å²) in [6.45, 7) is 8.88. The van der Waals surface area contributed by atoms with Crippen LogP contribution in [-0.2, 0) is 0 Å². The average molecular weight is 259 g/mol. The Labute approximate surface area is 113 Å². The molecule has 1 N–H and O–H groups in total. The summed E-state index contributed by atoms with van der Waals surface area (Å²) in [4.78, 5) is 16.7. The number of nitrogens with zero attached hydrogens (tertiary/aromatic N) is 2. The molecule has 0 aliphatic heterocycles. The molecule has 0 aliphatic carbocycles. The number of amides is 1. The van der Waals surface area contributed by atoms with Gasteiger partial charge in [0, 0.05) is 12.7 Å². The average Bonchev–Trinajstić information content (AvgIpc) is 2.63. The third-order valence-corrected chi connectivity index (χ3v) is 3.16. The Kier molecular flexibility index (Phi) is 3.88. The monoisotopic (exact) mass is 259 g/mol. The van der Waals surface area contributed by atoms with Crippen molar-refractivity contribution < 1.29 is 4.79 Å². The number of rotatable bonds is 4. The highest BCUT2D eigenvalue weighted by molar-refractivity contribution is 5.94. The van der Waals surface area contributed by atoms with E-state index in [1.54, 1.807) is 0 Å². The molecular formula is C15H21N3O. The molecule has 4 nitrogen and oxygen atoms in total. The number of aromatic nitrogens is 2. The number of aryl methyl sites for hydroxylation is 2. The fourth-order valence-corrected chi connectivity index (χ4v) is 2.10. The standard InChI is InChI=1S/C15H21N3O/c1-10(2)7-8-16-15(19)14-12(4)17-13-6-5-11(3)9-18(13)14/h5-6,9-10H,7-8H2,1-4H3,(H,16,19). The van der Waals surface area contributed by atoms with Crippen molar-refractivity contribution in [1.29, 1.82) is 0 Å². The molecule has 0 bridgehead atoms. The first-order valence-corrected chi connectivity index (χ1v) is 6.72. The van der Waals surface area contributed by atoms with Crippen LogP contribution in [0.25, 0.3) is 5.65 Å². The molecule has 0 radical (unpaired) electrons. The van der Waals surface area contributed by atoms with Crippen LogP contribution in [0.1, 0.15) is 42.0 Å². The van der Waals surface area contributed by atoms with Crippen molar-refractivity contribution in [3.8, 4) is 0 Å². The van der Waals surface area contributed by atoms with E-state index in [-0.39, 0.29) is 5.91 Å². The summed E-state index contributed by atoms with van der Waals surface area (Å²) < 4.78 is 1.87. The molecule has 0 aromatic carbocycles. The number of carbonyl (C=O) groups is 1. The van der Waals surface area contributed by atoms with Crippen LogP contribution in [0.3, 0.4) is 0 Å². The molecule has 0 unspecified atom stereocenters. The molecule has 2 aromatic rings. The minimum Gasteiger partial charge on any atom is -0.351 e. The number of nitrogens with one attached hydrogen (secondary N) is 1. The van der Waals surface area contributed by atoms with Gasteiger partial charge >= 0.3 is 0 Å². The van der Waals surface area contributed by atoms with Gasteiger partial charge in [0.1, 0.15) is 11.3 Å². The number of pyridine rings is 1. The fraction of sp³-hybridized carbons (Fsp3) is 0.467. The quantitative estimate of drug-likeness (QED) is 0.917. The van der Waals surface area contributed by atoms with Crippen LogP contribution in [-0.4, -0.2) is 21.8 Å². The van der Waals surface area contributed by atoms with Crippen LogP contribution < -0.4 is 5.32 Å². The molecule has 4 heteroatoms. The van der Waals surface area contributed by atoms with Gasteiger partial charge in [0.2, 0.25) is 0 Å². The van der Waals surface area contributed by atoms with Crippen LogP contribution in [0.2, 0.25) is 0 Å². The maximum absolute atomic E-state index is 12.3. The predicted octanol–water partition coefficient (Wildman–Crippen LogP) is 2.73. The Bertz CT molecular complexity index is 599. The zero-order valence-corrected chi connectivity index (χ0v) is 12.0. The van der Waals surface area contributed by atoms with E-state index in [0.29, 0.717) is 18.2 Å². The van der Waals surface area contributed by atoms with E-state index in [0.717, 1.165) is 23.3 Å². The van der Waals surface area contributed by atoms with Crippen molar-refractivity contribution in [1.82, 2.24) is 14.7 Å². The topological polar surface area (TPSA) is 46.4 Å². The lowest BCUT2D eigenvalue weighted by atomic mass is 10.1. The molecular weight excluding hydrogens is 238 g/mol. The van der Waals surface area contributed by atoms with E-state index in [9.17, 15) is 4.79 Å². The van der Waals surface area contributed by atoms with Gasteiger partial charge in [-0.1, -0.05) is 19.9 Å². The van der Waals surface area contributed by atoms with Gasteiger partial charge in [-0.05, 0) is 37.8 Å². The highest BCUT2D eigenvalue weighted by Gasteiger charge is 2.16. The maximum atomic E-state index is 12.3. The van der Waals surface area contributed by atoms with Gasteiger partial charge in [0.15, 0.2) is 0 Å². The Morgan fingerprint density at radius 2 is 2.11 bits per heavy atom. The molecule has 19 heavy (non-hydrogen) atoms. The first-order chi connectivity index (χ1) is 8.99. The third-order valence-electron chi connectivity index (χ3n) is 3.16. The first-order valence-electron chi connectivity index (χ1n) is 6.72. The van der Waals surface area contributed by atoms with Crippen molar-refractivity contribution in [3.05, 3.63) is 35.3 Å². The van der Waals surface area contributed by atoms with Gasteiger partial charge in [-0.15, -0.1) is 0 Å². The summed E-state index contributed by atoms with van der Waals surface area (Å²) >= 11 is 0. The number of imidazole rings is 1. The van der Waals surface area contributed by atoms with Crippen molar-refractivity contribution in [3.63, 3.8) is 0 Å². The zero-order valence-electron chi connectivity index (χ0n) is 12.0. The number of carbonyl (C=O) groups excluding carboxylic acids is 1. The van der Waals surface area contributed by atoms with Gasteiger partial charge in [-0.2, -0.15) is 0 Å². The molecule has 0 atom stereocenters. The summed E-state index contributed by atoms with van der Waals surface area (Å²) in [7, 11) is 0. The molecule has 0 saturated carbocycles. The second-order valence-electron chi connectivity index (χ2n) is 5.42. The lowest BCUT2D eigenvalue weighted by Crippen LogP contribution is -2.27. The van der Waals surface area contributed by atoms with Crippen molar-refractivity contribution in [2.75, 3.05) is 6.54 Å². The van der Waals surface area contributed by atoms with E-state index >= 15 is 0 Å². The molecule has 0 saturated heterocycles. The highest BCUT2D eigenvalue weighted by atomic mass is 16.1. The summed E-state index contributed by atoms with van der Waals surface area (Å²) in [5, 5.41) is 2.97. The number of hydrogen-bond acceptors (Lipinski definition) is 2. The minimum absolute atomic E-state index is 0.0451. The van der Waals surface area contributed by atoms with Crippen LogP contribution in [0.4, 0.5) is 0 Å². The first kappa shape index (κ1) is 13.6. The Hall–Kier alpha value is -1.84. The Morgan fingerprint density at radius 3 is 2.79 bits per heavy atom. The summed E-state index contributed by atoms with van der Waals surface area (Å²) in [6.07, 6.45) is 2.94.